The second kappa shape index (κ2) is 8.53. The molecule has 4 heterocycles. The van der Waals surface area contributed by atoms with Gasteiger partial charge >= 0.3 is 0 Å². The smallest absolute Gasteiger partial charge is 0.183 e. The van der Waals surface area contributed by atoms with Crippen LogP contribution in [-0.4, -0.2) is 75.5 Å². The Kier molecular flexibility index (Phi) is 5.62. The lowest BCUT2D eigenvalue weighted by molar-refractivity contribution is 0.123. The van der Waals surface area contributed by atoms with Gasteiger partial charge in [-0.05, 0) is 45.2 Å². The van der Waals surface area contributed by atoms with E-state index in [4.69, 9.17) is 9.97 Å². The van der Waals surface area contributed by atoms with Crippen molar-refractivity contribution in [1.29, 1.82) is 0 Å². The summed E-state index contributed by atoms with van der Waals surface area (Å²) in [6.07, 6.45) is 9.94. The number of likely N-dealkylation sites (N-methyl/N-ethyl adjacent to an activating group) is 1. The molecule has 1 N–H and O–H groups in total. The van der Waals surface area contributed by atoms with Crippen molar-refractivity contribution < 1.29 is 0 Å². The first-order valence-corrected chi connectivity index (χ1v) is 11.8. The molecule has 3 aromatic heterocycles. The summed E-state index contributed by atoms with van der Waals surface area (Å²) in [5, 5.41) is 4.92. The maximum atomic E-state index is 4.94. The van der Waals surface area contributed by atoms with Crippen molar-refractivity contribution in [3.63, 3.8) is 0 Å². The molecule has 0 bridgehead atoms. The number of fused-ring (bicyclic) bond motifs is 3. The third-order valence-corrected chi connectivity index (χ3v) is 7.52. The molecule has 0 saturated carbocycles. The van der Waals surface area contributed by atoms with Crippen LogP contribution in [0.15, 0.2) is 18.6 Å². The second-order valence-corrected chi connectivity index (χ2v) is 9.53. The number of anilines is 1. The van der Waals surface area contributed by atoms with Crippen LogP contribution in [0.4, 0.5) is 5.82 Å². The largest absolute Gasteiger partial charge is 0.368 e. The number of aromatic nitrogens is 4. The van der Waals surface area contributed by atoms with Gasteiger partial charge in [-0.3, -0.25) is 9.88 Å². The van der Waals surface area contributed by atoms with Crippen LogP contribution in [0.25, 0.3) is 21.7 Å². The summed E-state index contributed by atoms with van der Waals surface area (Å²) >= 11 is 1.83. The molecule has 5 rings (SSSR count). The summed E-state index contributed by atoms with van der Waals surface area (Å²) in [7, 11) is 2.20. The highest BCUT2D eigenvalue weighted by molar-refractivity contribution is 7.19. The number of hydrogen-bond donors (Lipinski definition) is 1. The molecule has 8 heteroatoms. The molecule has 1 saturated heterocycles. The van der Waals surface area contributed by atoms with Crippen molar-refractivity contribution in [2.45, 2.75) is 38.6 Å². The average Bonchev–Trinajstić information content (AvgIpc) is 3.17. The van der Waals surface area contributed by atoms with E-state index in [-0.39, 0.29) is 0 Å². The molecule has 7 nitrogen and oxygen atoms in total. The van der Waals surface area contributed by atoms with Crippen molar-refractivity contribution in [2.75, 3.05) is 45.1 Å². The number of aryl methyl sites for hydroxylation is 2. The molecule has 158 valence electrons. The first-order valence-electron chi connectivity index (χ1n) is 10.9. The SMILES string of the molecule is CC(CNc1nc(-c2cnccn2)nc2sc3c(c12)CCCC3)N1CCN(C)CC1. The van der Waals surface area contributed by atoms with Crippen LogP contribution < -0.4 is 5.32 Å². The zero-order valence-corrected chi connectivity index (χ0v) is 18.6. The topological polar surface area (TPSA) is 70.1 Å². The molecule has 0 spiro atoms. The van der Waals surface area contributed by atoms with Crippen LogP contribution >= 0.6 is 11.3 Å². The minimum atomic E-state index is 0.457. The van der Waals surface area contributed by atoms with E-state index in [1.807, 2.05) is 11.3 Å². The van der Waals surface area contributed by atoms with Gasteiger partial charge < -0.3 is 10.2 Å². The molecule has 0 radical (unpaired) electrons. The molecule has 1 atom stereocenters. The van der Waals surface area contributed by atoms with Crippen LogP contribution in [0.1, 0.15) is 30.2 Å². The maximum Gasteiger partial charge on any atom is 0.183 e. The number of nitrogens with one attached hydrogen (secondary N) is 1. The number of rotatable bonds is 5. The summed E-state index contributed by atoms with van der Waals surface area (Å²) in [5.74, 6) is 1.62. The second-order valence-electron chi connectivity index (χ2n) is 8.45. The first-order chi connectivity index (χ1) is 14.7. The third kappa shape index (κ3) is 3.91. The Morgan fingerprint density at radius 1 is 1.10 bits per heavy atom. The minimum absolute atomic E-state index is 0.457. The molecule has 2 aliphatic rings. The number of thiophene rings is 1. The van der Waals surface area contributed by atoms with E-state index in [0.29, 0.717) is 11.9 Å². The fourth-order valence-electron chi connectivity index (χ4n) is 4.45. The monoisotopic (exact) mass is 423 g/mol. The lowest BCUT2D eigenvalue weighted by Gasteiger charge is -2.36. The predicted octanol–water partition coefficient (Wildman–Crippen LogP) is 3.07. The molecule has 0 aromatic carbocycles. The Morgan fingerprint density at radius 2 is 1.93 bits per heavy atom. The van der Waals surface area contributed by atoms with E-state index >= 15 is 0 Å². The Balaban J connectivity index is 1.46. The lowest BCUT2D eigenvalue weighted by Crippen LogP contribution is -2.49. The Morgan fingerprint density at radius 3 is 2.73 bits per heavy atom. The summed E-state index contributed by atoms with van der Waals surface area (Å²) < 4.78 is 0. The first kappa shape index (κ1) is 19.8. The summed E-state index contributed by atoms with van der Waals surface area (Å²) in [6, 6.07) is 0.457. The van der Waals surface area contributed by atoms with E-state index in [2.05, 4.69) is 39.1 Å². The average molecular weight is 424 g/mol. The Labute approximate surface area is 181 Å². The van der Waals surface area contributed by atoms with Gasteiger partial charge in [-0.2, -0.15) is 0 Å². The Hall–Kier alpha value is -2.16. The molecule has 1 unspecified atom stereocenters. The number of hydrogen-bond acceptors (Lipinski definition) is 8. The number of nitrogens with zero attached hydrogens (tertiary/aromatic N) is 6. The van der Waals surface area contributed by atoms with Gasteiger partial charge in [0.05, 0.1) is 11.6 Å². The van der Waals surface area contributed by atoms with Gasteiger partial charge in [0.25, 0.3) is 0 Å². The zero-order chi connectivity index (χ0) is 20.5. The molecular formula is C22H29N7S. The fraction of sp³-hybridized carbons (Fsp3) is 0.545. The number of piperazine rings is 1. The molecule has 0 amide bonds. The van der Waals surface area contributed by atoms with Crippen molar-refractivity contribution in [3.8, 4) is 11.5 Å². The quantitative estimate of drug-likeness (QED) is 0.676. The standard InChI is InChI=1S/C22H29N7S/c1-15(29-11-9-28(2)10-12-29)13-25-21-19-16-5-3-4-6-18(16)30-22(19)27-20(26-21)17-14-23-7-8-24-17/h7-8,14-15H,3-6,9-13H2,1-2H3,(H,25,26,27). The highest BCUT2D eigenvalue weighted by Crippen LogP contribution is 2.39. The third-order valence-electron chi connectivity index (χ3n) is 6.33. The van der Waals surface area contributed by atoms with E-state index in [9.17, 15) is 0 Å². The van der Waals surface area contributed by atoms with Gasteiger partial charge in [0.1, 0.15) is 16.3 Å². The zero-order valence-electron chi connectivity index (χ0n) is 17.8. The highest BCUT2D eigenvalue weighted by Gasteiger charge is 2.23. The molecule has 1 aliphatic heterocycles. The molecule has 3 aromatic rings. The summed E-state index contributed by atoms with van der Waals surface area (Å²) in [4.78, 5) is 26.0. The molecular weight excluding hydrogens is 394 g/mol. The van der Waals surface area contributed by atoms with Crippen LogP contribution in [0.5, 0.6) is 0 Å². The molecule has 30 heavy (non-hydrogen) atoms. The van der Waals surface area contributed by atoms with Crippen LogP contribution in [0.3, 0.4) is 0 Å². The van der Waals surface area contributed by atoms with Crippen molar-refractivity contribution >= 4 is 27.4 Å². The van der Waals surface area contributed by atoms with Gasteiger partial charge in [0.2, 0.25) is 0 Å². The van der Waals surface area contributed by atoms with Crippen molar-refractivity contribution in [1.82, 2.24) is 29.7 Å². The highest BCUT2D eigenvalue weighted by atomic mass is 32.1. The van der Waals surface area contributed by atoms with Gasteiger partial charge in [-0.25, -0.2) is 15.0 Å². The fourth-order valence-corrected chi connectivity index (χ4v) is 5.71. The molecule has 1 aliphatic carbocycles. The maximum absolute atomic E-state index is 4.94. The van der Waals surface area contributed by atoms with E-state index < -0.39 is 0 Å². The summed E-state index contributed by atoms with van der Waals surface area (Å²) in [5.41, 5.74) is 2.18. The summed E-state index contributed by atoms with van der Waals surface area (Å²) in [6.45, 7) is 7.70. The lowest BCUT2D eigenvalue weighted by atomic mass is 9.97. The van der Waals surface area contributed by atoms with Crippen molar-refractivity contribution in [3.05, 3.63) is 29.0 Å². The van der Waals surface area contributed by atoms with E-state index in [1.165, 1.54) is 28.7 Å². The van der Waals surface area contributed by atoms with Crippen LogP contribution in [0, 0.1) is 0 Å². The van der Waals surface area contributed by atoms with Gasteiger partial charge in [-0.15, -0.1) is 11.3 Å². The van der Waals surface area contributed by atoms with Gasteiger partial charge in [-0.1, -0.05) is 0 Å². The van der Waals surface area contributed by atoms with E-state index in [1.54, 1.807) is 18.6 Å². The van der Waals surface area contributed by atoms with Crippen LogP contribution in [0.2, 0.25) is 0 Å². The minimum Gasteiger partial charge on any atom is -0.368 e. The Bertz CT molecular complexity index is 1010. The normalized spacial score (nSPS) is 19.0. The van der Waals surface area contributed by atoms with E-state index in [0.717, 1.165) is 61.9 Å². The van der Waals surface area contributed by atoms with Crippen LogP contribution in [-0.2, 0) is 12.8 Å². The van der Waals surface area contributed by atoms with Gasteiger partial charge in [0, 0.05) is 56.0 Å². The van der Waals surface area contributed by atoms with Crippen molar-refractivity contribution in [2.24, 2.45) is 0 Å². The predicted molar refractivity (Wildman–Crippen MR) is 122 cm³/mol. The molecule has 1 fully saturated rings. The van der Waals surface area contributed by atoms with Gasteiger partial charge in [0.15, 0.2) is 5.82 Å².